The number of carbonyl (C=O) groups is 2. The summed E-state index contributed by atoms with van der Waals surface area (Å²) in [5.41, 5.74) is 0.501. The number of rotatable bonds is 5. The molecule has 0 saturated carbocycles. The molecule has 0 atom stereocenters. The monoisotopic (exact) mass is 238 g/mol. The van der Waals surface area contributed by atoms with Crippen LogP contribution >= 0.6 is 0 Å². The van der Waals surface area contributed by atoms with Crippen LogP contribution in [0.4, 0.5) is 10.1 Å². The molecule has 1 rings (SSSR count). The van der Waals surface area contributed by atoms with Gasteiger partial charge in [-0.05, 0) is 30.7 Å². The molecule has 5 heteroatoms. The third-order valence-corrected chi connectivity index (χ3v) is 2.05. The highest BCUT2D eigenvalue weighted by Crippen LogP contribution is 2.07. The summed E-state index contributed by atoms with van der Waals surface area (Å²) in [6, 6.07) is 5.43. The Bertz CT molecular complexity index is 390. The van der Waals surface area contributed by atoms with Gasteiger partial charge in [-0.1, -0.05) is 6.92 Å². The first-order valence-corrected chi connectivity index (χ1v) is 5.44. The summed E-state index contributed by atoms with van der Waals surface area (Å²) < 4.78 is 12.6. The molecule has 0 aliphatic heterocycles. The zero-order valence-electron chi connectivity index (χ0n) is 9.63. The van der Waals surface area contributed by atoms with Crippen LogP contribution in [0.1, 0.15) is 19.8 Å². The maximum absolute atomic E-state index is 12.6. The number of halogens is 1. The van der Waals surface area contributed by atoms with Gasteiger partial charge in [0.15, 0.2) is 0 Å². The Kier molecular flexibility index (Phi) is 5.13. The summed E-state index contributed by atoms with van der Waals surface area (Å²) in [5.74, 6) is -0.845. The van der Waals surface area contributed by atoms with E-state index >= 15 is 0 Å². The number of hydrogen-bond donors (Lipinski definition) is 2. The quantitative estimate of drug-likeness (QED) is 0.820. The fourth-order valence-electron chi connectivity index (χ4n) is 1.23. The standard InChI is InChI=1S/C12H15FN2O2/c1-2-3-11(16)14-8-12(17)15-10-6-4-9(13)5-7-10/h4-7H,2-3,8H2,1H3,(H,14,16)(H,15,17). The SMILES string of the molecule is CCCC(=O)NCC(=O)Nc1ccc(F)cc1. The van der Waals surface area contributed by atoms with Gasteiger partial charge in [0.2, 0.25) is 11.8 Å². The molecular formula is C12H15FN2O2. The van der Waals surface area contributed by atoms with E-state index in [0.29, 0.717) is 12.1 Å². The second-order valence-electron chi connectivity index (χ2n) is 3.58. The summed E-state index contributed by atoms with van der Waals surface area (Å²) in [6.45, 7) is 1.81. The van der Waals surface area contributed by atoms with E-state index in [1.54, 1.807) is 0 Å². The summed E-state index contributed by atoms with van der Waals surface area (Å²) >= 11 is 0. The van der Waals surface area contributed by atoms with Gasteiger partial charge < -0.3 is 10.6 Å². The lowest BCUT2D eigenvalue weighted by atomic mass is 10.3. The van der Waals surface area contributed by atoms with Gasteiger partial charge in [0.1, 0.15) is 5.82 Å². The predicted molar refractivity (Wildman–Crippen MR) is 62.9 cm³/mol. The van der Waals surface area contributed by atoms with Gasteiger partial charge in [0.05, 0.1) is 6.54 Å². The minimum Gasteiger partial charge on any atom is -0.347 e. The average molecular weight is 238 g/mol. The Morgan fingerprint density at radius 2 is 1.82 bits per heavy atom. The molecule has 0 radical (unpaired) electrons. The first kappa shape index (κ1) is 13.2. The van der Waals surface area contributed by atoms with Crippen LogP contribution in [-0.2, 0) is 9.59 Å². The molecule has 0 spiro atoms. The molecule has 0 fully saturated rings. The molecular weight excluding hydrogens is 223 g/mol. The second-order valence-corrected chi connectivity index (χ2v) is 3.58. The highest BCUT2D eigenvalue weighted by Gasteiger charge is 2.04. The fourth-order valence-corrected chi connectivity index (χ4v) is 1.23. The highest BCUT2D eigenvalue weighted by atomic mass is 19.1. The van der Waals surface area contributed by atoms with Crippen molar-refractivity contribution in [3.05, 3.63) is 30.1 Å². The number of hydrogen-bond acceptors (Lipinski definition) is 2. The van der Waals surface area contributed by atoms with Gasteiger partial charge in [-0.2, -0.15) is 0 Å². The molecule has 0 bridgehead atoms. The largest absolute Gasteiger partial charge is 0.347 e. The Hall–Kier alpha value is -1.91. The van der Waals surface area contributed by atoms with Crippen LogP contribution in [0.25, 0.3) is 0 Å². The Balaban J connectivity index is 2.34. The maximum atomic E-state index is 12.6. The Morgan fingerprint density at radius 3 is 2.41 bits per heavy atom. The number of amides is 2. The van der Waals surface area contributed by atoms with E-state index in [-0.39, 0.29) is 24.2 Å². The van der Waals surface area contributed by atoms with Gasteiger partial charge >= 0.3 is 0 Å². The lowest BCUT2D eigenvalue weighted by molar-refractivity contribution is -0.124. The first-order valence-electron chi connectivity index (χ1n) is 5.44. The number of anilines is 1. The number of carbonyl (C=O) groups excluding carboxylic acids is 2. The highest BCUT2D eigenvalue weighted by molar-refractivity contribution is 5.94. The van der Waals surface area contributed by atoms with Crippen molar-refractivity contribution in [3.8, 4) is 0 Å². The second kappa shape index (κ2) is 6.62. The molecule has 0 saturated heterocycles. The maximum Gasteiger partial charge on any atom is 0.243 e. The lowest BCUT2D eigenvalue weighted by Crippen LogP contribution is -2.32. The van der Waals surface area contributed by atoms with E-state index < -0.39 is 0 Å². The van der Waals surface area contributed by atoms with E-state index in [9.17, 15) is 14.0 Å². The van der Waals surface area contributed by atoms with Crippen molar-refractivity contribution < 1.29 is 14.0 Å². The lowest BCUT2D eigenvalue weighted by Gasteiger charge is -2.06. The third kappa shape index (κ3) is 5.10. The molecule has 92 valence electrons. The van der Waals surface area contributed by atoms with Crippen molar-refractivity contribution in [3.63, 3.8) is 0 Å². The minimum atomic E-state index is -0.362. The van der Waals surface area contributed by atoms with Crippen molar-refractivity contribution in [2.75, 3.05) is 11.9 Å². The molecule has 0 aliphatic carbocycles. The summed E-state index contributed by atoms with van der Waals surface area (Å²) in [6.07, 6.45) is 1.15. The average Bonchev–Trinajstić information content (AvgIpc) is 2.30. The van der Waals surface area contributed by atoms with Crippen LogP contribution in [0.5, 0.6) is 0 Å². The molecule has 4 nitrogen and oxygen atoms in total. The van der Waals surface area contributed by atoms with Gasteiger partial charge in [-0.25, -0.2) is 4.39 Å². The summed E-state index contributed by atoms with van der Waals surface area (Å²) in [5, 5.41) is 5.04. The van der Waals surface area contributed by atoms with Crippen LogP contribution in [0.3, 0.4) is 0 Å². The fraction of sp³-hybridized carbons (Fsp3) is 0.333. The molecule has 0 aromatic heterocycles. The van der Waals surface area contributed by atoms with E-state index in [1.165, 1.54) is 24.3 Å². The smallest absolute Gasteiger partial charge is 0.243 e. The van der Waals surface area contributed by atoms with E-state index in [1.807, 2.05) is 6.92 Å². The molecule has 2 N–H and O–H groups in total. The summed E-state index contributed by atoms with van der Waals surface area (Å²) in [4.78, 5) is 22.5. The molecule has 0 aliphatic rings. The van der Waals surface area contributed by atoms with Gasteiger partial charge in [-0.3, -0.25) is 9.59 Å². The van der Waals surface area contributed by atoms with Crippen LogP contribution in [-0.4, -0.2) is 18.4 Å². The summed E-state index contributed by atoms with van der Waals surface area (Å²) in [7, 11) is 0. The number of benzene rings is 1. The van der Waals surface area contributed by atoms with Crippen molar-refractivity contribution in [2.45, 2.75) is 19.8 Å². The third-order valence-electron chi connectivity index (χ3n) is 2.05. The normalized spacial score (nSPS) is 9.76. The number of nitrogens with one attached hydrogen (secondary N) is 2. The minimum absolute atomic E-state index is 0.0732. The molecule has 2 amide bonds. The van der Waals surface area contributed by atoms with E-state index in [2.05, 4.69) is 10.6 Å². The Morgan fingerprint density at radius 1 is 1.18 bits per heavy atom. The zero-order chi connectivity index (χ0) is 12.7. The predicted octanol–water partition coefficient (Wildman–Crippen LogP) is 1.68. The van der Waals surface area contributed by atoms with Crippen LogP contribution < -0.4 is 10.6 Å². The van der Waals surface area contributed by atoms with Crippen LogP contribution in [0, 0.1) is 5.82 Å². The first-order chi connectivity index (χ1) is 8.11. The Labute approximate surface area is 99.2 Å². The van der Waals surface area contributed by atoms with E-state index in [4.69, 9.17) is 0 Å². The van der Waals surface area contributed by atoms with Crippen molar-refractivity contribution in [2.24, 2.45) is 0 Å². The zero-order valence-corrected chi connectivity index (χ0v) is 9.63. The van der Waals surface area contributed by atoms with E-state index in [0.717, 1.165) is 6.42 Å². The molecule has 17 heavy (non-hydrogen) atoms. The van der Waals surface area contributed by atoms with Crippen molar-refractivity contribution >= 4 is 17.5 Å². The van der Waals surface area contributed by atoms with Gasteiger partial charge in [0.25, 0.3) is 0 Å². The topological polar surface area (TPSA) is 58.2 Å². The van der Waals surface area contributed by atoms with Gasteiger partial charge in [0, 0.05) is 12.1 Å². The molecule has 1 aromatic carbocycles. The van der Waals surface area contributed by atoms with Crippen LogP contribution in [0.2, 0.25) is 0 Å². The van der Waals surface area contributed by atoms with Crippen molar-refractivity contribution in [1.29, 1.82) is 0 Å². The van der Waals surface area contributed by atoms with Crippen LogP contribution in [0.15, 0.2) is 24.3 Å². The molecule has 0 heterocycles. The molecule has 0 unspecified atom stereocenters. The van der Waals surface area contributed by atoms with Gasteiger partial charge in [-0.15, -0.1) is 0 Å². The molecule has 1 aromatic rings. The van der Waals surface area contributed by atoms with Crippen molar-refractivity contribution in [1.82, 2.24) is 5.32 Å².